The number of hydrogen-bond donors (Lipinski definition) is 2. The molecule has 0 aromatic carbocycles. The first-order chi connectivity index (χ1) is 9.19. The smallest absolute Gasteiger partial charge is 0.224 e. The van der Waals surface area contributed by atoms with Crippen LogP contribution in [0.5, 0.6) is 0 Å². The molecule has 2 aromatic heterocycles. The first-order valence-corrected chi connectivity index (χ1v) is 6.49. The summed E-state index contributed by atoms with van der Waals surface area (Å²) in [5.74, 6) is 1.86. The van der Waals surface area contributed by atoms with Crippen molar-refractivity contribution in [2.75, 3.05) is 17.2 Å². The fourth-order valence-electron chi connectivity index (χ4n) is 1.48. The molecule has 2 heterocycles. The van der Waals surface area contributed by atoms with Crippen molar-refractivity contribution in [3.63, 3.8) is 0 Å². The van der Waals surface area contributed by atoms with E-state index in [-0.39, 0.29) is 0 Å². The maximum Gasteiger partial charge on any atom is 0.224 e. The van der Waals surface area contributed by atoms with E-state index < -0.39 is 0 Å². The standard InChI is InChI=1S/C12H16ClN5O/c1-3-4-14-12-16-7-10(13)11(17-12)15-6-9-5-8(2)18-19-9/h5,7H,3-4,6H2,1-2H3,(H2,14,15,16,17). The van der Waals surface area contributed by atoms with Gasteiger partial charge in [0.25, 0.3) is 0 Å². The van der Waals surface area contributed by atoms with E-state index in [1.807, 2.05) is 13.0 Å². The molecule has 0 saturated heterocycles. The lowest BCUT2D eigenvalue weighted by Crippen LogP contribution is -2.07. The summed E-state index contributed by atoms with van der Waals surface area (Å²) in [5.41, 5.74) is 0.843. The first kappa shape index (κ1) is 13.6. The third-order valence-electron chi connectivity index (χ3n) is 2.38. The van der Waals surface area contributed by atoms with Crippen LogP contribution in [0.25, 0.3) is 0 Å². The van der Waals surface area contributed by atoms with Crippen molar-refractivity contribution >= 4 is 23.4 Å². The average molecular weight is 282 g/mol. The van der Waals surface area contributed by atoms with E-state index in [9.17, 15) is 0 Å². The second-order valence-corrected chi connectivity index (χ2v) is 4.51. The zero-order valence-corrected chi connectivity index (χ0v) is 11.7. The zero-order chi connectivity index (χ0) is 13.7. The van der Waals surface area contributed by atoms with Crippen LogP contribution in [0.2, 0.25) is 5.02 Å². The summed E-state index contributed by atoms with van der Waals surface area (Å²) in [5, 5.41) is 10.5. The number of anilines is 2. The molecule has 2 aromatic rings. The van der Waals surface area contributed by atoms with E-state index in [1.54, 1.807) is 6.20 Å². The van der Waals surface area contributed by atoms with Crippen LogP contribution in [0.4, 0.5) is 11.8 Å². The lowest BCUT2D eigenvalue weighted by Gasteiger charge is -2.08. The van der Waals surface area contributed by atoms with Gasteiger partial charge in [0.05, 0.1) is 18.4 Å². The highest BCUT2D eigenvalue weighted by Crippen LogP contribution is 2.20. The molecule has 0 aliphatic carbocycles. The Morgan fingerprint density at radius 3 is 2.89 bits per heavy atom. The number of hydrogen-bond acceptors (Lipinski definition) is 6. The van der Waals surface area contributed by atoms with Gasteiger partial charge < -0.3 is 15.2 Å². The molecule has 102 valence electrons. The van der Waals surface area contributed by atoms with Gasteiger partial charge in [0.1, 0.15) is 5.02 Å². The van der Waals surface area contributed by atoms with Crippen LogP contribution >= 0.6 is 11.6 Å². The van der Waals surface area contributed by atoms with Gasteiger partial charge in [-0.1, -0.05) is 23.7 Å². The summed E-state index contributed by atoms with van der Waals surface area (Å²) < 4.78 is 5.11. The Hall–Kier alpha value is -1.82. The molecular weight excluding hydrogens is 266 g/mol. The van der Waals surface area contributed by atoms with Gasteiger partial charge in [0.2, 0.25) is 5.95 Å². The van der Waals surface area contributed by atoms with Gasteiger partial charge in [-0.2, -0.15) is 4.98 Å². The molecule has 0 bridgehead atoms. The normalized spacial score (nSPS) is 10.5. The molecule has 2 N–H and O–H groups in total. The van der Waals surface area contributed by atoms with Gasteiger partial charge in [-0.05, 0) is 13.3 Å². The minimum atomic E-state index is 0.471. The molecule has 0 unspecified atom stereocenters. The number of aromatic nitrogens is 3. The lowest BCUT2D eigenvalue weighted by molar-refractivity contribution is 0.384. The van der Waals surface area contributed by atoms with E-state index in [0.29, 0.717) is 23.3 Å². The highest BCUT2D eigenvalue weighted by Gasteiger charge is 2.06. The van der Waals surface area contributed by atoms with Gasteiger partial charge in [0.15, 0.2) is 11.6 Å². The number of rotatable bonds is 6. The minimum Gasteiger partial charge on any atom is -0.361 e. The summed E-state index contributed by atoms with van der Waals surface area (Å²) in [6.07, 6.45) is 2.58. The lowest BCUT2D eigenvalue weighted by atomic mass is 10.4. The van der Waals surface area contributed by atoms with Gasteiger partial charge in [-0.15, -0.1) is 0 Å². The summed E-state index contributed by atoms with van der Waals surface area (Å²) in [6.45, 7) is 5.25. The molecule has 0 amide bonds. The quantitative estimate of drug-likeness (QED) is 0.848. The Bertz CT molecular complexity index is 543. The first-order valence-electron chi connectivity index (χ1n) is 6.11. The summed E-state index contributed by atoms with van der Waals surface area (Å²) in [7, 11) is 0. The molecule has 0 atom stereocenters. The molecule has 0 aliphatic heterocycles. The molecule has 7 heteroatoms. The van der Waals surface area contributed by atoms with Gasteiger partial charge in [0, 0.05) is 12.6 Å². The van der Waals surface area contributed by atoms with Crippen LogP contribution in [0.3, 0.4) is 0 Å². The molecule has 0 aliphatic rings. The Balaban J connectivity index is 2.02. The van der Waals surface area contributed by atoms with Crippen molar-refractivity contribution in [2.45, 2.75) is 26.8 Å². The van der Waals surface area contributed by atoms with Crippen LogP contribution in [0.15, 0.2) is 16.8 Å². The number of aryl methyl sites for hydroxylation is 1. The van der Waals surface area contributed by atoms with Crippen molar-refractivity contribution < 1.29 is 4.52 Å². The molecule has 6 nitrogen and oxygen atoms in total. The third kappa shape index (κ3) is 3.82. The number of nitrogens with zero attached hydrogens (tertiary/aromatic N) is 3. The average Bonchev–Trinajstić information content (AvgIpc) is 2.82. The summed E-state index contributed by atoms with van der Waals surface area (Å²) >= 11 is 6.04. The van der Waals surface area contributed by atoms with Gasteiger partial charge >= 0.3 is 0 Å². The fraction of sp³-hybridized carbons (Fsp3) is 0.417. The summed E-state index contributed by atoms with van der Waals surface area (Å²) in [6, 6.07) is 1.86. The maximum atomic E-state index is 6.04. The molecular formula is C12H16ClN5O. The Morgan fingerprint density at radius 2 is 2.21 bits per heavy atom. The molecule has 19 heavy (non-hydrogen) atoms. The van der Waals surface area contributed by atoms with Crippen molar-refractivity contribution in [3.05, 3.63) is 28.7 Å². The molecule has 0 radical (unpaired) electrons. The van der Waals surface area contributed by atoms with Crippen LogP contribution in [0.1, 0.15) is 24.8 Å². The van der Waals surface area contributed by atoms with Crippen molar-refractivity contribution in [1.29, 1.82) is 0 Å². The topological polar surface area (TPSA) is 75.9 Å². The SMILES string of the molecule is CCCNc1ncc(Cl)c(NCc2cc(C)no2)n1. The van der Waals surface area contributed by atoms with Crippen molar-refractivity contribution in [3.8, 4) is 0 Å². The Morgan fingerprint density at radius 1 is 1.37 bits per heavy atom. The van der Waals surface area contributed by atoms with Crippen LogP contribution in [-0.4, -0.2) is 21.7 Å². The molecule has 0 spiro atoms. The van der Waals surface area contributed by atoms with E-state index >= 15 is 0 Å². The predicted octanol–water partition coefficient (Wildman–Crippen LogP) is 2.86. The fourth-order valence-corrected chi connectivity index (χ4v) is 1.64. The Labute approximate surface area is 116 Å². The highest BCUT2D eigenvalue weighted by atomic mass is 35.5. The minimum absolute atomic E-state index is 0.471. The van der Waals surface area contributed by atoms with Gasteiger partial charge in [-0.25, -0.2) is 4.98 Å². The Kier molecular flexibility index (Phi) is 4.57. The summed E-state index contributed by atoms with van der Waals surface area (Å²) in [4.78, 5) is 8.41. The second-order valence-electron chi connectivity index (χ2n) is 4.11. The number of halogens is 1. The highest BCUT2D eigenvalue weighted by molar-refractivity contribution is 6.32. The molecule has 2 rings (SSSR count). The largest absolute Gasteiger partial charge is 0.361 e. The number of nitrogens with one attached hydrogen (secondary N) is 2. The maximum absolute atomic E-state index is 6.04. The van der Waals surface area contributed by atoms with E-state index in [1.165, 1.54) is 0 Å². The van der Waals surface area contributed by atoms with Gasteiger partial charge in [-0.3, -0.25) is 0 Å². The zero-order valence-electron chi connectivity index (χ0n) is 10.9. The predicted molar refractivity (Wildman–Crippen MR) is 74.4 cm³/mol. The second kappa shape index (κ2) is 6.38. The third-order valence-corrected chi connectivity index (χ3v) is 2.66. The van der Waals surface area contributed by atoms with Crippen LogP contribution < -0.4 is 10.6 Å². The van der Waals surface area contributed by atoms with Crippen LogP contribution in [0, 0.1) is 6.92 Å². The van der Waals surface area contributed by atoms with E-state index in [2.05, 4.69) is 32.7 Å². The van der Waals surface area contributed by atoms with E-state index in [0.717, 1.165) is 24.4 Å². The molecule has 0 fully saturated rings. The molecule has 0 saturated carbocycles. The van der Waals surface area contributed by atoms with Crippen LogP contribution in [-0.2, 0) is 6.54 Å². The monoisotopic (exact) mass is 281 g/mol. The van der Waals surface area contributed by atoms with E-state index in [4.69, 9.17) is 16.1 Å². The van der Waals surface area contributed by atoms with Crippen molar-refractivity contribution in [1.82, 2.24) is 15.1 Å². The van der Waals surface area contributed by atoms with Crippen molar-refractivity contribution in [2.24, 2.45) is 0 Å².